The number of aliphatic hydroxyl groups is 3. The summed E-state index contributed by atoms with van der Waals surface area (Å²) < 4.78 is 12.1. The molecule has 1 amide bonds. The van der Waals surface area contributed by atoms with Gasteiger partial charge in [0, 0.05) is 13.2 Å². The Morgan fingerprint density at radius 1 is 1.11 bits per heavy atom. The minimum Gasteiger partial charge on any atom is -0.388 e. The van der Waals surface area contributed by atoms with Gasteiger partial charge in [-0.15, -0.1) is 23.4 Å². The third kappa shape index (κ3) is 6.12. The van der Waals surface area contributed by atoms with Crippen LogP contribution in [0.5, 0.6) is 0 Å². The molecule has 35 heavy (non-hydrogen) atoms. The fourth-order valence-corrected chi connectivity index (χ4v) is 7.23. The molecule has 9 nitrogen and oxygen atoms in total. The maximum Gasteiger partial charge on any atom is 0.240 e. The number of amides is 1. The van der Waals surface area contributed by atoms with E-state index in [2.05, 4.69) is 22.6 Å². The number of rotatable bonds is 6. The van der Waals surface area contributed by atoms with Gasteiger partial charge in [0.2, 0.25) is 5.91 Å². The predicted octanol–water partition coefficient (Wildman–Crippen LogP) is -0.00590. The Balaban J connectivity index is 1.40. The molecular formula is C24H42ClN3O6S. The quantitative estimate of drug-likeness (QED) is 0.299. The number of halogens is 1. The van der Waals surface area contributed by atoms with E-state index in [1.807, 2.05) is 0 Å². The number of ether oxygens (including phenoxy) is 2. The van der Waals surface area contributed by atoms with Gasteiger partial charge in [0.25, 0.3) is 0 Å². The lowest BCUT2D eigenvalue weighted by Gasteiger charge is -2.44. The zero-order valence-electron chi connectivity index (χ0n) is 20.9. The van der Waals surface area contributed by atoms with Gasteiger partial charge >= 0.3 is 0 Å². The number of alkyl halides is 1. The standard InChI is InChI=1S/C24H42ClN3O6S/c1-12(25)16(22-19(30)18(29)20(31)24(34-22)35-3)27-23(32)17-21-15(11-26-17)10-14(6-9-33-21)13-4-7-28(2)8-5-13/h12-22,24,26,29-31H,4-11H2,1-3H3,(H,27,32)/t12-,14-,15-,16+,17-,18?,19?,20+,21+,22+,24?/m0/s1. The number of hydrogen-bond acceptors (Lipinski definition) is 9. The van der Waals surface area contributed by atoms with E-state index in [0.29, 0.717) is 12.5 Å². The number of nitrogens with zero attached hydrogens (tertiary/aromatic N) is 1. The first-order chi connectivity index (χ1) is 16.7. The molecule has 0 aromatic carbocycles. The fraction of sp³-hybridized carbons (Fsp3) is 0.958. The molecule has 4 heterocycles. The summed E-state index contributed by atoms with van der Waals surface area (Å²) in [6, 6.07) is -1.27. The Labute approximate surface area is 217 Å². The van der Waals surface area contributed by atoms with Crippen LogP contribution in [0.3, 0.4) is 0 Å². The molecule has 0 radical (unpaired) electrons. The highest BCUT2D eigenvalue weighted by Crippen LogP contribution is 2.38. The van der Waals surface area contributed by atoms with Crippen molar-refractivity contribution < 1.29 is 29.6 Å². The summed E-state index contributed by atoms with van der Waals surface area (Å²) in [5.74, 6) is 1.38. The first-order valence-corrected chi connectivity index (χ1v) is 14.6. The van der Waals surface area contributed by atoms with Gasteiger partial charge in [-0.1, -0.05) is 0 Å². The zero-order chi connectivity index (χ0) is 25.3. The molecule has 0 saturated carbocycles. The van der Waals surface area contributed by atoms with Crippen LogP contribution in [0.4, 0.5) is 0 Å². The molecule has 4 fully saturated rings. The lowest BCUT2D eigenvalue weighted by Crippen LogP contribution is -2.65. The van der Waals surface area contributed by atoms with Crippen molar-refractivity contribution in [2.75, 3.05) is 39.5 Å². The number of nitrogens with one attached hydrogen (secondary N) is 2. The number of hydrogen-bond donors (Lipinski definition) is 5. The summed E-state index contributed by atoms with van der Waals surface area (Å²) in [5, 5.41) is 36.9. The largest absolute Gasteiger partial charge is 0.388 e. The third-order valence-electron chi connectivity index (χ3n) is 8.51. The van der Waals surface area contributed by atoms with Crippen molar-refractivity contribution >= 4 is 29.3 Å². The summed E-state index contributed by atoms with van der Waals surface area (Å²) in [5.41, 5.74) is -0.732. The average molecular weight is 536 g/mol. The lowest BCUT2D eigenvalue weighted by atomic mass is 9.77. The van der Waals surface area contributed by atoms with Crippen molar-refractivity contribution in [3.8, 4) is 0 Å². The van der Waals surface area contributed by atoms with E-state index in [9.17, 15) is 20.1 Å². The van der Waals surface area contributed by atoms with Crippen molar-refractivity contribution in [3.05, 3.63) is 0 Å². The number of carbonyl (C=O) groups excluding carboxylic acids is 1. The molecule has 11 atom stereocenters. The van der Waals surface area contributed by atoms with E-state index in [-0.39, 0.29) is 17.9 Å². The third-order valence-corrected chi connectivity index (χ3v) is 9.63. The van der Waals surface area contributed by atoms with Gasteiger partial charge < -0.3 is 40.3 Å². The average Bonchev–Trinajstić information content (AvgIpc) is 3.12. The topological polar surface area (TPSA) is 124 Å². The first kappa shape index (κ1) is 27.9. The molecule has 0 aromatic rings. The summed E-state index contributed by atoms with van der Waals surface area (Å²) in [6.07, 6.45) is 1.14. The summed E-state index contributed by atoms with van der Waals surface area (Å²) >= 11 is 7.67. The van der Waals surface area contributed by atoms with E-state index < -0.39 is 47.3 Å². The van der Waals surface area contributed by atoms with E-state index in [0.717, 1.165) is 38.4 Å². The monoisotopic (exact) mass is 535 g/mol. The van der Waals surface area contributed by atoms with E-state index in [1.54, 1.807) is 13.2 Å². The highest BCUT2D eigenvalue weighted by atomic mass is 35.5. The van der Waals surface area contributed by atoms with Gasteiger partial charge in [0.15, 0.2) is 0 Å². The Kier molecular flexibility index (Phi) is 9.65. The highest BCUT2D eigenvalue weighted by molar-refractivity contribution is 7.99. The number of carbonyl (C=O) groups is 1. The summed E-state index contributed by atoms with van der Waals surface area (Å²) in [6.45, 7) is 5.40. The molecule has 3 unspecified atom stereocenters. The normalized spacial score (nSPS) is 43.2. The highest BCUT2D eigenvalue weighted by Gasteiger charge is 2.49. The Bertz CT molecular complexity index is 713. The SMILES string of the molecule is CSC1O[C@H]([C@H](NC(=O)[C@H]2NC[C@@H]3C[C@@H](C4CCN(C)CC4)CCO[C@H]32)[C@H](C)Cl)C(O)C(O)[C@H]1O. The van der Waals surface area contributed by atoms with Crippen LogP contribution in [0, 0.1) is 17.8 Å². The predicted molar refractivity (Wildman–Crippen MR) is 135 cm³/mol. The maximum absolute atomic E-state index is 13.4. The lowest BCUT2D eigenvalue weighted by molar-refractivity contribution is -0.205. The molecule has 202 valence electrons. The fourth-order valence-electron chi connectivity index (χ4n) is 6.34. The van der Waals surface area contributed by atoms with Crippen LogP contribution in [0.2, 0.25) is 0 Å². The van der Waals surface area contributed by atoms with Crippen molar-refractivity contribution in [1.82, 2.24) is 15.5 Å². The smallest absolute Gasteiger partial charge is 0.240 e. The van der Waals surface area contributed by atoms with Crippen LogP contribution in [-0.2, 0) is 14.3 Å². The molecule has 11 heteroatoms. The van der Waals surface area contributed by atoms with Crippen LogP contribution in [0.1, 0.15) is 32.6 Å². The van der Waals surface area contributed by atoms with Crippen molar-refractivity contribution in [3.63, 3.8) is 0 Å². The van der Waals surface area contributed by atoms with Gasteiger partial charge in [-0.05, 0) is 76.8 Å². The number of thioether (sulfide) groups is 1. The molecular weight excluding hydrogens is 494 g/mol. The number of piperidine rings is 1. The molecule has 0 spiro atoms. The second kappa shape index (κ2) is 12.1. The van der Waals surface area contributed by atoms with Gasteiger partial charge in [0.05, 0.1) is 17.5 Å². The number of aliphatic hydroxyl groups excluding tert-OH is 3. The first-order valence-electron chi connectivity index (χ1n) is 12.9. The Morgan fingerprint density at radius 3 is 2.49 bits per heavy atom. The minimum atomic E-state index is -1.39. The number of likely N-dealkylation sites (tertiary alicyclic amines) is 1. The van der Waals surface area contributed by atoms with E-state index >= 15 is 0 Å². The second-order valence-corrected chi connectivity index (χ2v) is 12.4. The summed E-state index contributed by atoms with van der Waals surface area (Å²) in [7, 11) is 2.18. The van der Waals surface area contributed by atoms with Gasteiger partial charge in [-0.2, -0.15) is 0 Å². The Morgan fingerprint density at radius 2 is 1.83 bits per heavy atom. The van der Waals surface area contributed by atoms with Crippen LogP contribution < -0.4 is 10.6 Å². The molecule has 4 rings (SSSR count). The molecule has 0 bridgehead atoms. The molecule has 4 aliphatic heterocycles. The molecule has 4 aliphatic rings. The molecule has 0 aromatic heterocycles. The van der Waals surface area contributed by atoms with Gasteiger partial charge in [0.1, 0.15) is 35.9 Å². The summed E-state index contributed by atoms with van der Waals surface area (Å²) in [4.78, 5) is 15.8. The maximum atomic E-state index is 13.4. The van der Waals surface area contributed by atoms with E-state index in [4.69, 9.17) is 21.1 Å². The number of fused-ring (bicyclic) bond motifs is 1. The van der Waals surface area contributed by atoms with E-state index in [1.165, 1.54) is 24.6 Å². The van der Waals surface area contributed by atoms with Gasteiger partial charge in [-0.25, -0.2) is 0 Å². The molecule has 5 N–H and O–H groups in total. The molecule has 4 saturated heterocycles. The zero-order valence-corrected chi connectivity index (χ0v) is 22.5. The van der Waals surface area contributed by atoms with Crippen LogP contribution in [-0.4, -0.2) is 119 Å². The molecule has 0 aliphatic carbocycles. The van der Waals surface area contributed by atoms with Crippen LogP contribution in [0.25, 0.3) is 0 Å². The van der Waals surface area contributed by atoms with Gasteiger partial charge in [-0.3, -0.25) is 4.79 Å². The van der Waals surface area contributed by atoms with Crippen LogP contribution in [0.15, 0.2) is 0 Å². The minimum absolute atomic E-state index is 0.207. The van der Waals surface area contributed by atoms with Crippen molar-refractivity contribution in [2.24, 2.45) is 17.8 Å². The second-order valence-electron chi connectivity index (χ2n) is 10.8. The van der Waals surface area contributed by atoms with Crippen LogP contribution >= 0.6 is 23.4 Å². The van der Waals surface area contributed by atoms with Crippen molar-refractivity contribution in [1.29, 1.82) is 0 Å². The van der Waals surface area contributed by atoms with Crippen molar-refractivity contribution in [2.45, 2.75) is 86.0 Å². The Hall–Kier alpha value is -0.170.